The molecule has 0 aliphatic heterocycles. The standard InChI is InChI=1S/C22H15FN2O/c23-18-11-13-19(14-12-18)25-20(15-26)21(16-7-3-1-4-8-16)24-22(25)17-9-5-2-6-10-17/h1-15H. The lowest BCUT2D eigenvalue weighted by Crippen LogP contribution is -2.02. The molecule has 0 fully saturated rings. The monoisotopic (exact) mass is 342 g/mol. The maximum Gasteiger partial charge on any atom is 0.169 e. The molecule has 3 aromatic carbocycles. The van der Waals surface area contributed by atoms with Crippen molar-refractivity contribution >= 4 is 6.29 Å². The van der Waals surface area contributed by atoms with Crippen molar-refractivity contribution in [3.8, 4) is 28.3 Å². The Kier molecular flexibility index (Phi) is 4.15. The second kappa shape index (κ2) is 6.76. The van der Waals surface area contributed by atoms with E-state index in [-0.39, 0.29) is 5.82 Å². The summed E-state index contributed by atoms with van der Waals surface area (Å²) >= 11 is 0. The molecule has 0 radical (unpaired) electrons. The molecular weight excluding hydrogens is 327 g/mol. The number of halogens is 1. The highest BCUT2D eigenvalue weighted by Gasteiger charge is 2.20. The molecule has 26 heavy (non-hydrogen) atoms. The van der Waals surface area contributed by atoms with Crippen LogP contribution >= 0.6 is 0 Å². The first kappa shape index (κ1) is 16.0. The minimum absolute atomic E-state index is 0.328. The summed E-state index contributed by atoms with van der Waals surface area (Å²) in [4.78, 5) is 16.7. The average Bonchev–Trinajstić information content (AvgIpc) is 3.09. The predicted octanol–water partition coefficient (Wildman–Crippen LogP) is 5.16. The molecule has 4 aromatic rings. The number of aldehydes is 1. The Hall–Kier alpha value is -3.53. The lowest BCUT2D eigenvalue weighted by atomic mass is 10.1. The maximum atomic E-state index is 13.4. The van der Waals surface area contributed by atoms with Crippen molar-refractivity contribution in [1.29, 1.82) is 0 Å². The fourth-order valence-electron chi connectivity index (χ4n) is 2.98. The quantitative estimate of drug-likeness (QED) is 0.480. The van der Waals surface area contributed by atoms with Gasteiger partial charge in [-0.2, -0.15) is 0 Å². The smallest absolute Gasteiger partial charge is 0.169 e. The van der Waals surface area contributed by atoms with E-state index in [1.807, 2.05) is 60.7 Å². The first-order valence-corrected chi connectivity index (χ1v) is 8.22. The van der Waals surface area contributed by atoms with Crippen LogP contribution in [0.1, 0.15) is 10.5 Å². The third kappa shape index (κ3) is 2.82. The molecule has 4 rings (SSSR count). The molecule has 0 amide bonds. The largest absolute Gasteiger partial charge is 0.296 e. The molecular formula is C22H15FN2O. The van der Waals surface area contributed by atoms with E-state index in [9.17, 15) is 9.18 Å². The van der Waals surface area contributed by atoms with E-state index in [4.69, 9.17) is 4.98 Å². The molecule has 1 aromatic heterocycles. The summed E-state index contributed by atoms with van der Waals surface area (Å²) in [6.07, 6.45) is 0.797. The Morgan fingerprint density at radius 1 is 0.769 bits per heavy atom. The van der Waals surface area contributed by atoms with Crippen LogP contribution in [-0.4, -0.2) is 15.8 Å². The average molecular weight is 342 g/mol. The molecule has 126 valence electrons. The third-order valence-corrected chi connectivity index (χ3v) is 4.19. The van der Waals surface area contributed by atoms with Gasteiger partial charge in [0.25, 0.3) is 0 Å². The lowest BCUT2D eigenvalue weighted by Gasteiger charge is -2.10. The molecule has 0 spiro atoms. The SMILES string of the molecule is O=Cc1c(-c2ccccc2)nc(-c2ccccc2)n1-c1ccc(F)cc1. The van der Waals surface area contributed by atoms with E-state index in [0.717, 1.165) is 17.4 Å². The van der Waals surface area contributed by atoms with Crippen molar-refractivity contribution in [1.82, 2.24) is 9.55 Å². The molecule has 0 saturated heterocycles. The number of imidazole rings is 1. The van der Waals surface area contributed by atoms with Gasteiger partial charge in [0.1, 0.15) is 23.0 Å². The van der Waals surface area contributed by atoms with E-state index < -0.39 is 0 Å². The molecule has 0 saturated carbocycles. The van der Waals surface area contributed by atoms with Crippen LogP contribution in [0.2, 0.25) is 0 Å². The zero-order valence-corrected chi connectivity index (χ0v) is 13.8. The van der Waals surface area contributed by atoms with Gasteiger partial charge in [0.15, 0.2) is 6.29 Å². The van der Waals surface area contributed by atoms with E-state index in [2.05, 4.69) is 0 Å². The van der Waals surface area contributed by atoms with Gasteiger partial charge in [0, 0.05) is 16.8 Å². The molecule has 0 N–H and O–H groups in total. The minimum Gasteiger partial charge on any atom is -0.296 e. The van der Waals surface area contributed by atoms with Gasteiger partial charge in [-0.05, 0) is 24.3 Å². The van der Waals surface area contributed by atoms with Crippen LogP contribution in [0.15, 0.2) is 84.9 Å². The predicted molar refractivity (Wildman–Crippen MR) is 99.8 cm³/mol. The number of carbonyl (C=O) groups excluding carboxylic acids is 1. The summed E-state index contributed by atoms with van der Waals surface area (Å²) in [6, 6.07) is 25.2. The van der Waals surface area contributed by atoms with E-state index in [1.54, 1.807) is 16.7 Å². The van der Waals surface area contributed by atoms with Crippen molar-refractivity contribution in [2.24, 2.45) is 0 Å². The summed E-state index contributed by atoms with van der Waals surface area (Å²) in [5, 5.41) is 0. The zero-order valence-electron chi connectivity index (χ0n) is 13.8. The fraction of sp³-hybridized carbons (Fsp3) is 0. The van der Waals surface area contributed by atoms with Gasteiger partial charge in [-0.1, -0.05) is 60.7 Å². The van der Waals surface area contributed by atoms with Crippen molar-refractivity contribution in [3.05, 3.63) is 96.4 Å². The Morgan fingerprint density at radius 3 is 1.92 bits per heavy atom. The molecule has 0 aliphatic rings. The third-order valence-electron chi connectivity index (χ3n) is 4.19. The van der Waals surface area contributed by atoms with Gasteiger partial charge in [-0.15, -0.1) is 0 Å². The van der Waals surface area contributed by atoms with Gasteiger partial charge >= 0.3 is 0 Å². The van der Waals surface area contributed by atoms with Crippen LogP contribution in [-0.2, 0) is 0 Å². The van der Waals surface area contributed by atoms with Crippen molar-refractivity contribution in [3.63, 3.8) is 0 Å². The van der Waals surface area contributed by atoms with Gasteiger partial charge in [-0.25, -0.2) is 9.37 Å². The number of carbonyl (C=O) groups is 1. The highest BCUT2D eigenvalue weighted by Crippen LogP contribution is 2.31. The van der Waals surface area contributed by atoms with Crippen molar-refractivity contribution in [2.45, 2.75) is 0 Å². The summed E-state index contributed by atoms with van der Waals surface area (Å²) in [5.41, 5.74) is 3.45. The van der Waals surface area contributed by atoms with Crippen molar-refractivity contribution in [2.75, 3.05) is 0 Å². The zero-order chi connectivity index (χ0) is 17.9. The molecule has 0 bridgehead atoms. The lowest BCUT2D eigenvalue weighted by molar-refractivity contribution is 0.111. The number of hydrogen-bond acceptors (Lipinski definition) is 2. The number of aromatic nitrogens is 2. The minimum atomic E-state index is -0.328. The normalized spacial score (nSPS) is 10.7. The van der Waals surface area contributed by atoms with Crippen molar-refractivity contribution < 1.29 is 9.18 Å². The Labute approximate surface area is 150 Å². The Morgan fingerprint density at radius 2 is 1.35 bits per heavy atom. The summed E-state index contributed by atoms with van der Waals surface area (Å²) in [7, 11) is 0. The van der Waals surface area contributed by atoms with E-state index in [0.29, 0.717) is 22.9 Å². The maximum absolute atomic E-state index is 13.4. The van der Waals surface area contributed by atoms with Gasteiger partial charge < -0.3 is 0 Å². The topological polar surface area (TPSA) is 34.9 Å². The van der Waals surface area contributed by atoms with Crippen LogP contribution < -0.4 is 0 Å². The number of rotatable bonds is 4. The van der Waals surface area contributed by atoms with Gasteiger partial charge in [0.2, 0.25) is 0 Å². The molecule has 4 heteroatoms. The summed E-state index contributed by atoms with van der Waals surface area (Å²) < 4.78 is 15.2. The molecule has 1 heterocycles. The van der Waals surface area contributed by atoms with Crippen LogP contribution in [0.3, 0.4) is 0 Å². The number of hydrogen-bond donors (Lipinski definition) is 0. The van der Waals surface area contributed by atoms with Gasteiger partial charge in [0.05, 0.1) is 0 Å². The molecule has 0 aliphatic carbocycles. The first-order chi connectivity index (χ1) is 12.8. The van der Waals surface area contributed by atoms with E-state index >= 15 is 0 Å². The number of nitrogens with zero attached hydrogens (tertiary/aromatic N) is 2. The molecule has 0 atom stereocenters. The second-order valence-corrected chi connectivity index (χ2v) is 5.83. The Balaban J connectivity index is 2.02. The fourth-order valence-corrected chi connectivity index (χ4v) is 2.98. The Bertz CT molecular complexity index is 1040. The second-order valence-electron chi connectivity index (χ2n) is 5.83. The molecule has 0 unspecified atom stereocenters. The number of benzene rings is 3. The first-order valence-electron chi connectivity index (χ1n) is 8.22. The van der Waals surface area contributed by atoms with E-state index in [1.165, 1.54) is 12.1 Å². The van der Waals surface area contributed by atoms with Crippen LogP contribution in [0.5, 0.6) is 0 Å². The molecule has 3 nitrogen and oxygen atoms in total. The summed E-state index contributed by atoms with van der Waals surface area (Å²) in [5.74, 6) is 0.309. The van der Waals surface area contributed by atoms with Crippen LogP contribution in [0, 0.1) is 5.82 Å². The van der Waals surface area contributed by atoms with Gasteiger partial charge in [-0.3, -0.25) is 9.36 Å². The van der Waals surface area contributed by atoms with Crippen LogP contribution in [0.25, 0.3) is 28.3 Å². The highest BCUT2D eigenvalue weighted by molar-refractivity contribution is 5.87. The van der Waals surface area contributed by atoms with Crippen LogP contribution in [0.4, 0.5) is 4.39 Å². The highest BCUT2D eigenvalue weighted by atomic mass is 19.1. The summed E-state index contributed by atoms with van der Waals surface area (Å²) in [6.45, 7) is 0.